The molecule has 5 fully saturated rings. The predicted octanol–water partition coefficient (Wildman–Crippen LogP) is 4.65. The molecule has 1 saturated heterocycles. The van der Waals surface area contributed by atoms with Crippen LogP contribution in [0.15, 0.2) is 30.3 Å². The molecule has 2 N–H and O–H groups in total. The van der Waals surface area contributed by atoms with E-state index in [0.29, 0.717) is 12.5 Å². The zero-order valence-corrected chi connectivity index (χ0v) is 17.5. The van der Waals surface area contributed by atoms with Crippen molar-refractivity contribution < 1.29 is 18.0 Å². The van der Waals surface area contributed by atoms with E-state index in [2.05, 4.69) is 31.2 Å². The van der Waals surface area contributed by atoms with Gasteiger partial charge in [-0.2, -0.15) is 13.2 Å². The zero-order chi connectivity index (χ0) is 21.4. The number of hydrogen-bond donors (Lipinski definition) is 1. The van der Waals surface area contributed by atoms with E-state index >= 15 is 0 Å². The second kappa shape index (κ2) is 6.47. The summed E-state index contributed by atoms with van der Waals surface area (Å²) in [5.74, 6) is -1.19. The van der Waals surface area contributed by atoms with Gasteiger partial charge in [0.15, 0.2) is 0 Å². The number of halogens is 3. The highest BCUT2D eigenvalue weighted by atomic mass is 19.4. The van der Waals surface area contributed by atoms with Crippen molar-refractivity contribution in [2.24, 2.45) is 28.4 Å². The maximum absolute atomic E-state index is 13.9. The number of carbonyl (C=O) groups excluding carboxylic acids is 1. The zero-order valence-electron chi connectivity index (χ0n) is 17.5. The number of benzene rings is 1. The highest BCUT2D eigenvalue weighted by Gasteiger charge is 2.65. The molecule has 1 amide bonds. The number of rotatable bonds is 2. The number of hydrogen-bond acceptors (Lipinski definition) is 2. The fourth-order valence-corrected chi connectivity index (χ4v) is 8.11. The molecule has 1 aromatic rings. The minimum absolute atomic E-state index is 0.0271. The second-order valence-corrected chi connectivity index (χ2v) is 11.1. The highest BCUT2D eigenvalue weighted by molar-refractivity contribution is 5.84. The summed E-state index contributed by atoms with van der Waals surface area (Å²) in [6.07, 6.45) is 1.57. The number of nitrogens with zero attached hydrogens (tertiary/aromatic N) is 1. The Hall–Kier alpha value is -1.56. The predicted molar refractivity (Wildman–Crippen MR) is 109 cm³/mol. The number of amides is 1. The number of nitrogens with two attached hydrogens (primary N) is 1. The quantitative estimate of drug-likeness (QED) is 0.757. The molecule has 0 spiro atoms. The van der Waals surface area contributed by atoms with Crippen molar-refractivity contribution in [3.8, 4) is 0 Å². The minimum atomic E-state index is -4.36. The van der Waals surface area contributed by atoms with E-state index in [1.54, 1.807) is 0 Å². The average molecular weight is 421 g/mol. The lowest BCUT2D eigenvalue weighted by Gasteiger charge is -2.66. The lowest BCUT2D eigenvalue weighted by molar-refractivity contribution is -0.199. The van der Waals surface area contributed by atoms with Crippen molar-refractivity contribution in [1.82, 2.24) is 4.90 Å². The largest absolute Gasteiger partial charge is 0.394 e. The summed E-state index contributed by atoms with van der Waals surface area (Å²) < 4.78 is 40.5. The SMILES string of the molecule is C[C@]12C[C@@H]3C[C@](C(=O)N4CCC(N)C(C(F)(F)F)C4)(C1)C[C@@](c1ccccc1)(C3)C2. The smallest absolute Gasteiger partial charge is 0.341 e. The first-order valence-corrected chi connectivity index (χ1v) is 11.2. The van der Waals surface area contributed by atoms with Gasteiger partial charge in [-0.15, -0.1) is 0 Å². The van der Waals surface area contributed by atoms with Crippen molar-refractivity contribution in [2.75, 3.05) is 13.1 Å². The Bertz CT molecular complexity index is 843. The maximum atomic E-state index is 13.9. The van der Waals surface area contributed by atoms with Gasteiger partial charge in [0.2, 0.25) is 5.91 Å². The van der Waals surface area contributed by atoms with E-state index in [1.165, 1.54) is 10.5 Å². The fourth-order valence-electron chi connectivity index (χ4n) is 8.11. The summed E-state index contributed by atoms with van der Waals surface area (Å²) in [6, 6.07) is 9.57. The van der Waals surface area contributed by atoms with Crippen LogP contribution in [0, 0.1) is 22.7 Å². The van der Waals surface area contributed by atoms with Gasteiger partial charge in [-0.05, 0) is 67.3 Å². The van der Waals surface area contributed by atoms with E-state index in [9.17, 15) is 18.0 Å². The molecule has 6 heteroatoms. The molecule has 6 atom stereocenters. The number of alkyl halides is 3. The van der Waals surface area contributed by atoms with Crippen molar-refractivity contribution in [3.63, 3.8) is 0 Å². The number of likely N-dealkylation sites (tertiary alicyclic amines) is 1. The van der Waals surface area contributed by atoms with Crippen LogP contribution in [-0.2, 0) is 10.2 Å². The van der Waals surface area contributed by atoms with Crippen molar-refractivity contribution >= 4 is 5.91 Å². The van der Waals surface area contributed by atoms with Gasteiger partial charge in [0.05, 0.1) is 11.3 Å². The van der Waals surface area contributed by atoms with Crippen LogP contribution in [0.1, 0.15) is 57.4 Å². The monoisotopic (exact) mass is 420 g/mol. The van der Waals surface area contributed by atoms with Crippen LogP contribution in [0.2, 0.25) is 0 Å². The van der Waals surface area contributed by atoms with E-state index in [-0.39, 0.29) is 29.7 Å². The summed E-state index contributed by atoms with van der Waals surface area (Å²) in [5.41, 5.74) is 6.62. The molecule has 6 rings (SSSR count). The summed E-state index contributed by atoms with van der Waals surface area (Å²) in [5, 5.41) is 0. The van der Waals surface area contributed by atoms with E-state index in [0.717, 1.165) is 38.5 Å². The molecule has 30 heavy (non-hydrogen) atoms. The van der Waals surface area contributed by atoms with Crippen LogP contribution in [-0.4, -0.2) is 36.1 Å². The molecule has 0 aromatic heterocycles. The third-order valence-corrected chi connectivity index (χ3v) is 8.56. The Morgan fingerprint density at radius 2 is 1.83 bits per heavy atom. The molecule has 2 unspecified atom stereocenters. The third-order valence-electron chi connectivity index (χ3n) is 8.56. The molecule has 164 valence electrons. The van der Waals surface area contributed by atoms with Gasteiger partial charge >= 0.3 is 6.18 Å². The molecule has 4 saturated carbocycles. The van der Waals surface area contributed by atoms with Crippen LogP contribution in [0.4, 0.5) is 13.2 Å². The van der Waals surface area contributed by atoms with Crippen LogP contribution >= 0.6 is 0 Å². The van der Waals surface area contributed by atoms with Crippen LogP contribution < -0.4 is 5.73 Å². The van der Waals surface area contributed by atoms with E-state index in [1.807, 2.05) is 6.07 Å². The Morgan fingerprint density at radius 1 is 1.10 bits per heavy atom. The van der Waals surface area contributed by atoms with Crippen LogP contribution in [0.3, 0.4) is 0 Å². The molecule has 1 heterocycles. The standard InChI is InChI=1S/C24H31F3N2O/c1-21-9-16-10-22(13-21,17-5-3-2-4-6-17)15-23(11-16,14-21)20(30)29-8-7-19(28)18(12-29)24(25,26)27/h2-6,16,18-19H,7-15,28H2,1H3/t16-,18?,19?,21+,22+,23-/m0/s1. The van der Waals surface area contributed by atoms with Gasteiger partial charge in [0, 0.05) is 19.1 Å². The molecule has 1 aliphatic heterocycles. The summed E-state index contributed by atoms with van der Waals surface area (Å²) in [4.78, 5) is 15.4. The lowest BCUT2D eigenvalue weighted by Crippen LogP contribution is -2.64. The minimum Gasteiger partial charge on any atom is -0.341 e. The van der Waals surface area contributed by atoms with E-state index < -0.39 is 23.6 Å². The lowest BCUT2D eigenvalue weighted by atomic mass is 9.38. The summed E-state index contributed by atoms with van der Waals surface area (Å²) in [7, 11) is 0. The topological polar surface area (TPSA) is 46.3 Å². The molecule has 5 aliphatic rings. The Morgan fingerprint density at radius 3 is 2.50 bits per heavy atom. The second-order valence-electron chi connectivity index (χ2n) is 11.1. The van der Waals surface area contributed by atoms with Gasteiger partial charge < -0.3 is 10.6 Å². The summed E-state index contributed by atoms with van der Waals surface area (Å²) in [6.45, 7) is 2.35. The molecule has 0 radical (unpaired) electrons. The molecular formula is C24H31F3N2O. The van der Waals surface area contributed by atoms with Crippen molar-refractivity contribution in [1.29, 1.82) is 0 Å². The van der Waals surface area contributed by atoms with Crippen LogP contribution in [0.25, 0.3) is 0 Å². The summed E-state index contributed by atoms with van der Waals surface area (Å²) >= 11 is 0. The molecule has 1 aromatic carbocycles. The number of piperidine rings is 1. The average Bonchev–Trinajstić information content (AvgIpc) is 2.66. The first-order valence-electron chi connectivity index (χ1n) is 11.2. The Labute approximate surface area is 176 Å². The number of carbonyl (C=O) groups is 1. The van der Waals surface area contributed by atoms with Crippen LogP contribution in [0.5, 0.6) is 0 Å². The fraction of sp³-hybridized carbons (Fsp3) is 0.708. The normalized spacial score (nSPS) is 43.1. The first-order chi connectivity index (χ1) is 14.0. The van der Waals surface area contributed by atoms with Crippen molar-refractivity contribution in [2.45, 2.75) is 69.5 Å². The first kappa shape index (κ1) is 20.3. The van der Waals surface area contributed by atoms with Gasteiger partial charge in [-0.3, -0.25) is 4.79 Å². The van der Waals surface area contributed by atoms with Crippen molar-refractivity contribution in [3.05, 3.63) is 35.9 Å². The Balaban J connectivity index is 1.48. The third kappa shape index (κ3) is 3.09. The van der Waals surface area contributed by atoms with Gasteiger partial charge in [-0.25, -0.2) is 0 Å². The molecule has 4 aliphatic carbocycles. The highest BCUT2D eigenvalue weighted by Crippen LogP contribution is 2.70. The molecule has 4 bridgehead atoms. The molecule has 3 nitrogen and oxygen atoms in total. The molecular weight excluding hydrogens is 389 g/mol. The van der Waals surface area contributed by atoms with Gasteiger partial charge in [0.25, 0.3) is 0 Å². The maximum Gasteiger partial charge on any atom is 0.394 e. The van der Waals surface area contributed by atoms with Gasteiger partial charge in [-0.1, -0.05) is 37.3 Å². The van der Waals surface area contributed by atoms with Gasteiger partial charge in [0.1, 0.15) is 0 Å². The van der Waals surface area contributed by atoms with E-state index in [4.69, 9.17) is 5.73 Å². The Kier molecular flexibility index (Phi) is 4.39.